The average Bonchev–Trinajstić information content (AvgIpc) is 3.40. The van der Waals surface area contributed by atoms with Gasteiger partial charge in [0.05, 0.1) is 17.2 Å². The fourth-order valence-corrected chi connectivity index (χ4v) is 3.84. The second kappa shape index (κ2) is 8.97. The fraction of sp³-hybridized carbons (Fsp3) is 0.167. The zero-order chi connectivity index (χ0) is 20.9. The molecule has 1 amide bonds. The highest BCUT2D eigenvalue weighted by atomic mass is 32.1. The SMILES string of the molecule is Cc1cccc(OCCCC(=O)Nc2c(C(=O)c3cccs3)oc3ccccc23)c1. The van der Waals surface area contributed by atoms with Crippen molar-refractivity contribution >= 4 is 39.7 Å². The number of fused-ring (bicyclic) bond motifs is 1. The first-order chi connectivity index (χ1) is 14.6. The number of hydrogen-bond donors (Lipinski definition) is 1. The molecule has 0 aliphatic heterocycles. The minimum atomic E-state index is -0.237. The molecule has 0 bridgehead atoms. The molecule has 2 heterocycles. The first-order valence-corrected chi connectivity index (χ1v) is 10.6. The molecular formula is C24H21NO4S. The van der Waals surface area contributed by atoms with E-state index in [1.54, 1.807) is 12.1 Å². The van der Waals surface area contributed by atoms with Crippen molar-refractivity contribution in [3.8, 4) is 5.75 Å². The Hall–Kier alpha value is -3.38. The van der Waals surface area contributed by atoms with Gasteiger partial charge in [-0.15, -0.1) is 11.3 Å². The van der Waals surface area contributed by atoms with Crippen molar-refractivity contribution in [1.29, 1.82) is 0 Å². The van der Waals surface area contributed by atoms with E-state index in [1.807, 2.05) is 60.8 Å². The smallest absolute Gasteiger partial charge is 0.240 e. The van der Waals surface area contributed by atoms with Crippen molar-refractivity contribution in [2.75, 3.05) is 11.9 Å². The Labute approximate surface area is 178 Å². The molecule has 6 heteroatoms. The van der Waals surface area contributed by atoms with Crippen molar-refractivity contribution in [2.45, 2.75) is 19.8 Å². The molecule has 152 valence electrons. The lowest BCUT2D eigenvalue weighted by molar-refractivity contribution is -0.116. The molecule has 0 saturated heterocycles. The molecule has 0 fully saturated rings. The summed E-state index contributed by atoms with van der Waals surface area (Å²) in [6.07, 6.45) is 0.835. The number of thiophene rings is 1. The molecule has 2 aromatic heterocycles. The van der Waals surface area contributed by atoms with Gasteiger partial charge in [0.2, 0.25) is 11.7 Å². The molecule has 0 radical (unpaired) electrons. The number of carbonyl (C=O) groups is 2. The van der Waals surface area contributed by atoms with E-state index in [2.05, 4.69) is 5.32 Å². The maximum Gasteiger partial charge on any atom is 0.240 e. The van der Waals surface area contributed by atoms with Gasteiger partial charge in [-0.1, -0.05) is 30.3 Å². The average molecular weight is 420 g/mol. The van der Waals surface area contributed by atoms with Crippen LogP contribution in [0.15, 0.2) is 70.5 Å². The molecule has 0 unspecified atom stereocenters. The summed E-state index contributed by atoms with van der Waals surface area (Å²) >= 11 is 1.34. The van der Waals surface area contributed by atoms with Crippen LogP contribution in [0, 0.1) is 6.92 Å². The molecule has 4 aromatic rings. The Morgan fingerprint density at radius 3 is 2.73 bits per heavy atom. The van der Waals surface area contributed by atoms with Crippen LogP contribution in [0.5, 0.6) is 5.75 Å². The van der Waals surface area contributed by atoms with Crippen LogP contribution in [-0.4, -0.2) is 18.3 Å². The quantitative estimate of drug-likeness (QED) is 0.288. The second-order valence-electron chi connectivity index (χ2n) is 6.93. The third-order valence-electron chi connectivity index (χ3n) is 4.62. The standard InChI is InChI=1S/C24H21NO4S/c1-16-7-4-8-17(15-16)28-13-5-12-21(26)25-22-18-9-2-3-10-19(18)29-24(22)23(27)20-11-6-14-30-20/h2-4,6-11,14-15H,5,12-13H2,1H3,(H,25,26). The van der Waals surface area contributed by atoms with Crippen LogP contribution in [0.2, 0.25) is 0 Å². The number of benzene rings is 2. The molecule has 5 nitrogen and oxygen atoms in total. The lowest BCUT2D eigenvalue weighted by atomic mass is 10.1. The molecule has 4 rings (SSSR count). The first-order valence-electron chi connectivity index (χ1n) is 9.71. The first kappa shape index (κ1) is 19.9. The Morgan fingerprint density at radius 2 is 1.93 bits per heavy atom. The predicted molar refractivity (Wildman–Crippen MR) is 119 cm³/mol. The van der Waals surface area contributed by atoms with Crippen molar-refractivity contribution in [1.82, 2.24) is 0 Å². The molecule has 30 heavy (non-hydrogen) atoms. The number of rotatable bonds is 8. The Bertz CT molecular complexity index is 1180. The van der Waals surface area contributed by atoms with Gasteiger partial charge in [0.15, 0.2) is 5.76 Å². The summed E-state index contributed by atoms with van der Waals surface area (Å²) < 4.78 is 11.5. The van der Waals surface area contributed by atoms with Gasteiger partial charge < -0.3 is 14.5 Å². The van der Waals surface area contributed by atoms with Crippen LogP contribution in [0.3, 0.4) is 0 Å². The number of carbonyl (C=O) groups excluding carboxylic acids is 2. The topological polar surface area (TPSA) is 68.5 Å². The predicted octanol–water partition coefficient (Wildman–Crippen LogP) is 5.83. The summed E-state index contributed by atoms with van der Waals surface area (Å²) in [6, 6.07) is 18.7. The number of ether oxygens (including phenoxy) is 1. The van der Waals surface area contributed by atoms with E-state index >= 15 is 0 Å². The summed E-state index contributed by atoms with van der Waals surface area (Å²) in [5.74, 6) is 0.525. The number of para-hydroxylation sites is 1. The van der Waals surface area contributed by atoms with Gasteiger partial charge in [-0.25, -0.2) is 0 Å². The highest BCUT2D eigenvalue weighted by molar-refractivity contribution is 7.12. The van der Waals surface area contributed by atoms with Crippen molar-refractivity contribution < 1.29 is 18.7 Å². The summed E-state index contributed by atoms with van der Waals surface area (Å²) in [5.41, 5.74) is 2.11. The van der Waals surface area contributed by atoms with Crippen LogP contribution >= 0.6 is 11.3 Å². The second-order valence-corrected chi connectivity index (χ2v) is 7.87. The molecule has 0 saturated carbocycles. The number of hydrogen-bond acceptors (Lipinski definition) is 5. The van der Waals surface area contributed by atoms with E-state index in [9.17, 15) is 9.59 Å². The third-order valence-corrected chi connectivity index (χ3v) is 5.49. The summed E-state index contributed by atoms with van der Waals surface area (Å²) in [5, 5.41) is 5.43. The summed E-state index contributed by atoms with van der Waals surface area (Å²) in [7, 11) is 0. The maximum atomic E-state index is 12.9. The number of amides is 1. The van der Waals surface area contributed by atoms with E-state index in [0.717, 1.165) is 11.3 Å². The lowest BCUT2D eigenvalue weighted by Crippen LogP contribution is -2.14. The van der Waals surface area contributed by atoms with Gasteiger partial charge in [-0.2, -0.15) is 0 Å². The maximum absolute atomic E-state index is 12.9. The van der Waals surface area contributed by atoms with E-state index in [0.29, 0.717) is 34.6 Å². The van der Waals surface area contributed by atoms with Gasteiger partial charge in [0, 0.05) is 11.8 Å². The zero-order valence-electron chi connectivity index (χ0n) is 16.5. The number of nitrogens with one attached hydrogen (secondary N) is 1. The lowest BCUT2D eigenvalue weighted by Gasteiger charge is -2.08. The minimum absolute atomic E-state index is 0.156. The highest BCUT2D eigenvalue weighted by Gasteiger charge is 2.23. The van der Waals surface area contributed by atoms with E-state index < -0.39 is 0 Å². The molecule has 0 spiro atoms. The number of anilines is 1. The zero-order valence-corrected chi connectivity index (χ0v) is 17.3. The minimum Gasteiger partial charge on any atom is -0.494 e. The van der Waals surface area contributed by atoms with Crippen molar-refractivity contribution in [2.24, 2.45) is 0 Å². The van der Waals surface area contributed by atoms with Crippen molar-refractivity contribution in [3.63, 3.8) is 0 Å². The normalized spacial score (nSPS) is 10.8. The summed E-state index contributed by atoms with van der Waals surface area (Å²) in [4.78, 5) is 26.0. The van der Waals surface area contributed by atoms with Gasteiger partial charge in [0.1, 0.15) is 11.3 Å². The molecule has 0 aliphatic rings. The van der Waals surface area contributed by atoms with Gasteiger partial charge in [0.25, 0.3) is 0 Å². The van der Waals surface area contributed by atoms with Crippen LogP contribution < -0.4 is 10.1 Å². The molecule has 0 atom stereocenters. The van der Waals surface area contributed by atoms with Gasteiger partial charge in [-0.05, 0) is 54.6 Å². The molecular weight excluding hydrogens is 398 g/mol. The summed E-state index contributed by atoms with van der Waals surface area (Å²) in [6.45, 7) is 2.44. The van der Waals surface area contributed by atoms with Crippen molar-refractivity contribution in [3.05, 3.63) is 82.2 Å². The largest absolute Gasteiger partial charge is 0.494 e. The fourth-order valence-electron chi connectivity index (χ4n) is 3.18. The van der Waals surface area contributed by atoms with Gasteiger partial charge >= 0.3 is 0 Å². The third kappa shape index (κ3) is 4.44. The van der Waals surface area contributed by atoms with E-state index in [1.165, 1.54) is 11.3 Å². The van der Waals surface area contributed by atoms with Gasteiger partial charge in [-0.3, -0.25) is 9.59 Å². The number of furan rings is 1. The van der Waals surface area contributed by atoms with Crippen LogP contribution in [0.4, 0.5) is 5.69 Å². The van der Waals surface area contributed by atoms with Crippen LogP contribution in [0.1, 0.15) is 33.8 Å². The monoisotopic (exact) mass is 419 g/mol. The number of aryl methyl sites for hydroxylation is 1. The van der Waals surface area contributed by atoms with E-state index in [4.69, 9.17) is 9.15 Å². The van der Waals surface area contributed by atoms with E-state index in [-0.39, 0.29) is 23.9 Å². The van der Waals surface area contributed by atoms with Crippen LogP contribution in [0.25, 0.3) is 11.0 Å². The molecule has 0 aliphatic carbocycles. The van der Waals surface area contributed by atoms with Crippen LogP contribution in [-0.2, 0) is 4.79 Å². The molecule has 2 aromatic carbocycles. The Kier molecular flexibility index (Phi) is 5.95. The Morgan fingerprint density at radius 1 is 1.07 bits per heavy atom. The number of ketones is 1. The molecule has 1 N–H and O–H groups in total. The highest BCUT2D eigenvalue weighted by Crippen LogP contribution is 2.33. The Balaban J connectivity index is 1.44.